The molecule has 1 aromatic carbocycles. The number of carbonyl (C=O) groups excluding carboxylic acids is 3. The molecule has 8 heteroatoms. The molecule has 0 aliphatic carbocycles. The summed E-state index contributed by atoms with van der Waals surface area (Å²) in [5, 5.41) is 0.389. The Morgan fingerprint density at radius 3 is 2.81 bits per heavy atom. The summed E-state index contributed by atoms with van der Waals surface area (Å²) >= 11 is 6.19. The van der Waals surface area contributed by atoms with E-state index in [1.54, 1.807) is 12.1 Å². The second kappa shape index (κ2) is 8.23. The summed E-state index contributed by atoms with van der Waals surface area (Å²) < 4.78 is 16.0. The third kappa shape index (κ3) is 4.35. The van der Waals surface area contributed by atoms with Crippen LogP contribution in [-0.4, -0.2) is 49.0 Å². The molecule has 2 aliphatic rings. The number of likely N-dealkylation sites (tertiary alicyclic amines) is 1. The first kappa shape index (κ1) is 18.3. The summed E-state index contributed by atoms with van der Waals surface area (Å²) in [6.45, 7) is 0.967. The quantitative estimate of drug-likeness (QED) is 0.589. The van der Waals surface area contributed by atoms with E-state index in [2.05, 4.69) is 0 Å². The Kier molecular flexibility index (Phi) is 5.78. The van der Waals surface area contributed by atoms with Crippen molar-refractivity contribution in [2.45, 2.75) is 19.3 Å². The molecular weight excluding hydrogens is 362 g/mol. The van der Waals surface area contributed by atoms with Gasteiger partial charge in [-0.3, -0.25) is 14.5 Å². The fourth-order valence-corrected chi connectivity index (χ4v) is 2.96. The van der Waals surface area contributed by atoms with Crippen LogP contribution in [0.15, 0.2) is 18.2 Å². The van der Waals surface area contributed by atoms with Gasteiger partial charge in [-0.15, -0.1) is 0 Å². The number of ether oxygens (including phenoxy) is 3. The Labute approximate surface area is 155 Å². The number of benzene rings is 1. The van der Waals surface area contributed by atoms with E-state index in [1.807, 2.05) is 0 Å². The topological polar surface area (TPSA) is 82.1 Å². The van der Waals surface area contributed by atoms with Crippen LogP contribution in [0.25, 0.3) is 6.08 Å². The van der Waals surface area contributed by atoms with Gasteiger partial charge in [0.1, 0.15) is 0 Å². The lowest BCUT2D eigenvalue weighted by Crippen LogP contribution is -2.35. The van der Waals surface area contributed by atoms with E-state index >= 15 is 0 Å². The van der Waals surface area contributed by atoms with E-state index in [1.165, 1.54) is 12.2 Å². The average molecular weight is 380 g/mol. The maximum Gasteiger partial charge on any atom is 0.331 e. The minimum atomic E-state index is -0.687. The molecule has 7 nitrogen and oxygen atoms in total. The molecule has 3 rings (SSSR count). The van der Waals surface area contributed by atoms with Gasteiger partial charge in [-0.05, 0) is 30.2 Å². The number of carbonyl (C=O) groups is 3. The van der Waals surface area contributed by atoms with Gasteiger partial charge in [0, 0.05) is 25.5 Å². The molecule has 1 aromatic rings. The zero-order valence-electron chi connectivity index (χ0n) is 14.0. The average Bonchev–Trinajstić information content (AvgIpc) is 2.90. The number of hydrogen-bond acceptors (Lipinski definition) is 6. The smallest absolute Gasteiger partial charge is 0.331 e. The monoisotopic (exact) mass is 379 g/mol. The molecule has 26 heavy (non-hydrogen) atoms. The molecule has 2 heterocycles. The summed E-state index contributed by atoms with van der Waals surface area (Å²) in [6, 6.07) is 3.36. The Morgan fingerprint density at radius 2 is 2.04 bits per heavy atom. The maximum atomic E-state index is 11.8. The SMILES string of the molecule is O=C(C=Cc1cc(Cl)c2c(c1)OCCCO2)OCC(=O)N1CCCC1=O. The van der Waals surface area contributed by atoms with Crippen molar-refractivity contribution in [2.75, 3.05) is 26.4 Å². The van der Waals surface area contributed by atoms with Crippen molar-refractivity contribution >= 4 is 35.5 Å². The minimum absolute atomic E-state index is 0.233. The van der Waals surface area contributed by atoms with Crippen LogP contribution in [-0.2, 0) is 19.1 Å². The number of imide groups is 1. The number of halogens is 1. The largest absolute Gasteiger partial charge is 0.489 e. The van der Waals surface area contributed by atoms with Gasteiger partial charge in [0.2, 0.25) is 5.91 Å². The molecule has 2 amide bonds. The molecule has 138 valence electrons. The molecule has 0 spiro atoms. The van der Waals surface area contributed by atoms with E-state index in [0.29, 0.717) is 54.7 Å². The highest BCUT2D eigenvalue weighted by atomic mass is 35.5. The molecule has 2 aliphatic heterocycles. The van der Waals surface area contributed by atoms with Crippen molar-refractivity contribution < 1.29 is 28.6 Å². The standard InChI is InChI=1S/C18H18ClNO6/c19-13-9-12(10-14-18(13)25-8-2-7-24-14)4-5-17(23)26-11-16(22)20-6-1-3-15(20)21/h4-5,9-10H,1-3,6-8,11H2. The molecule has 1 fully saturated rings. The third-order valence-electron chi connectivity index (χ3n) is 3.95. The fourth-order valence-electron chi connectivity index (χ4n) is 2.68. The van der Waals surface area contributed by atoms with E-state index in [0.717, 1.165) is 11.3 Å². The van der Waals surface area contributed by atoms with Crippen LogP contribution in [0.3, 0.4) is 0 Å². The van der Waals surface area contributed by atoms with E-state index < -0.39 is 18.5 Å². The first-order valence-electron chi connectivity index (χ1n) is 8.32. The van der Waals surface area contributed by atoms with Crippen molar-refractivity contribution in [2.24, 2.45) is 0 Å². The summed E-state index contributed by atoms with van der Waals surface area (Å²) in [5.41, 5.74) is 0.636. The van der Waals surface area contributed by atoms with Gasteiger partial charge < -0.3 is 14.2 Å². The lowest BCUT2D eigenvalue weighted by atomic mass is 10.2. The number of amides is 2. The second-order valence-electron chi connectivity index (χ2n) is 5.86. The molecule has 0 atom stereocenters. The molecule has 0 saturated carbocycles. The minimum Gasteiger partial charge on any atom is -0.489 e. The zero-order chi connectivity index (χ0) is 18.5. The predicted molar refractivity (Wildman–Crippen MR) is 93.0 cm³/mol. The highest BCUT2D eigenvalue weighted by Gasteiger charge is 2.26. The normalized spacial score (nSPS) is 16.7. The van der Waals surface area contributed by atoms with E-state index in [4.69, 9.17) is 25.8 Å². The van der Waals surface area contributed by atoms with Gasteiger partial charge in [0.15, 0.2) is 18.1 Å². The van der Waals surface area contributed by atoms with Gasteiger partial charge in [-0.1, -0.05) is 11.6 Å². The van der Waals surface area contributed by atoms with E-state index in [9.17, 15) is 14.4 Å². The van der Waals surface area contributed by atoms with Crippen molar-refractivity contribution in [1.29, 1.82) is 0 Å². The summed E-state index contributed by atoms with van der Waals surface area (Å²) in [5.74, 6) is -0.417. The zero-order valence-corrected chi connectivity index (χ0v) is 14.8. The molecule has 0 unspecified atom stereocenters. The Balaban J connectivity index is 1.58. The highest BCUT2D eigenvalue weighted by molar-refractivity contribution is 6.32. The lowest BCUT2D eigenvalue weighted by Gasteiger charge is -2.12. The number of fused-ring (bicyclic) bond motifs is 1. The number of hydrogen-bond donors (Lipinski definition) is 0. The van der Waals surface area contributed by atoms with Crippen molar-refractivity contribution in [3.05, 3.63) is 28.8 Å². The fraction of sp³-hybridized carbons (Fsp3) is 0.389. The Bertz CT molecular complexity index is 760. The van der Waals surface area contributed by atoms with Crippen LogP contribution < -0.4 is 9.47 Å². The second-order valence-corrected chi connectivity index (χ2v) is 6.27. The van der Waals surface area contributed by atoms with Crippen LogP contribution >= 0.6 is 11.6 Å². The van der Waals surface area contributed by atoms with Crippen molar-refractivity contribution in [1.82, 2.24) is 4.90 Å². The lowest BCUT2D eigenvalue weighted by molar-refractivity contribution is -0.151. The van der Waals surface area contributed by atoms with Crippen LogP contribution in [0.2, 0.25) is 5.02 Å². The first-order valence-corrected chi connectivity index (χ1v) is 8.69. The Hall–Kier alpha value is -2.54. The molecular formula is C18H18ClNO6. The number of esters is 1. The van der Waals surface area contributed by atoms with Crippen LogP contribution in [0.5, 0.6) is 11.5 Å². The van der Waals surface area contributed by atoms with Gasteiger partial charge in [-0.25, -0.2) is 4.79 Å². The molecule has 0 N–H and O–H groups in total. The Morgan fingerprint density at radius 1 is 1.23 bits per heavy atom. The first-order chi connectivity index (χ1) is 12.5. The third-order valence-corrected chi connectivity index (χ3v) is 4.23. The molecule has 0 aromatic heterocycles. The van der Waals surface area contributed by atoms with Crippen LogP contribution in [0.1, 0.15) is 24.8 Å². The van der Waals surface area contributed by atoms with Crippen LogP contribution in [0, 0.1) is 0 Å². The summed E-state index contributed by atoms with van der Waals surface area (Å²) in [6.07, 6.45) is 4.45. The van der Waals surface area contributed by atoms with Gasteiger partial charge >= 0.3 is 5.97 Å². The number of nitrogens with zero attached hydrogens (tertiary/aromatic N) is 1. The maximum absolute atomic E-state index is 11.8. The summed E-state index contributed by atoms with van der Waals surface area (Å²) in [4.78, 5) is 36.2. The highest BCUT2D eigenvalue weighted by Crippen LogP contribution is 2.38. The van der Waals surface area contributed by atoms with E-state index in [-0.39, 0.29) is 5.91 Å². The van der Waals surface area contributed by atoms with Gasteiger partial charge in [0.25, 0.3) is 5.91 Å². The molecule has 0 bridgehead atoms. The van der Waals surface area contributed by atoms with Gasteiger partial charge in [0.05, 0.1) is 18.2 Å². The molecule has 1 saturated heterocycles. The molecule has 0 radical (unpaired) electrons. The summed E-state index contributed by atoms with van der Waals surface area (Å²) in [7, 11) is 0. The van der Waals surface area contributed by atoms with Gasteiger partial charge in [-0.2, -0.15) is 0 Å². The predicted octanol–water partition coefficient (Wildman–Crippen LogP) is 2.21. The van der Waals surface area contributed by atoms with Crippen molar-refractivity contribution in [3.63, 3.8) is 0 Å². The van der Waals surface area contributed by atoms with Crippen LogP contribution in [0.4, 0.5) is 0 Å². The number of rotatable bonds is 4. The van der Waals surface area contributed by atoms with Crippen molar-refractivity contribution in [3.8, 4) is 11.5 Å².